The summed E-state index contributed by atoms with van der Waals surface area (Å²) < 4.78 is 1.02. The monoisotopic (exact) mass is 320 g/mol. The third-order valence-corrected chi connectivity index (χ3v) is 4.41. The molecule has 4 nitrogen and oxygen atoms in total. The summed E-state index contributed by atoms with van der Waals surface area (Å²) in [6.07, 6.45) is 1.75. The number of nitrogens with one attached hydrogen (secondary N) is 1. The van der Waals surface area contributed by atoms with Gasteiger partial charge in [0, 0.05) is 10.7 Å². The molecule has 0 aliphatic rings. The molecule has 90 valence electrons. The second kappa shape index (κ2) is 4.55. The first-order chi connectivity index (χ1) is 8.77. The number of aromatic nitrogens is 3. The van der Waals surface area contributed by atoms with Gasteiger partial charge in [0.2, 0.25) is 0 Å². The summed E-state index contributed by atoms with van der Waals surface area (Å²) in [7, 11) is 0. The molecule has 0 radical (unpaired) electrons. The van der Waals surface area contributed by atoms with E-state index in [-0.39, 0.29) is 0 Å². The quantitative estimate of drug-likeness (QED) is 0.758. The molecule has 0 aliphatic heterocycles. The third-order valence-electron chi connectivity index (χ3n) is 2.56. The molecule has 0 fully saturated rings. The van der Waals surface area contributed by atoms with Crippen LogP contribution in [0.3, 0.4) is 0 Å². The summed E-state index contributed by atoms with van der Waals surface area (Å²) in [5.41, 5.74) is 8.50. The lowest BCUT2D eigenvalue weighted by Crippen LogP contribution is -1.90. The van der Waals surface area contributed by atoms with E-state index in [1.807, 2.05) is 29.6 Å². The molecular formula is C12H9BrN4S. The van der Waals surface area contributed by atoms with Crippen molar-refractivity contribution < 1.29 is 0 Å². The zero-order valence-corrected chi connectivity index (χ0v) is 11.6. The molecule has 0 amide bonds. The molecule has 3 N–H and O–H groups in total. The van der Waals surface area contributed by atoms with Crippen LogP contribution in [0.4, 0.5) is 5.82 Å². The molecule has 0 atom stereocenters. The van der Waals surface area contributed by atoms with E-state index >= 15 is 0 Å². The van der Waals surface area contributed by atoms with Crippen LogP contribution >= 0.6 is 27.3 Å². The van der Waals surface area contributed by atoms with Crippen LogP contribution in [-0.2, 0) is 0 Å². The third kappa shape index (κ3) is 1.83. The van der Waals surface area contributed by atoms with E-state index in [1.54, 1.807) is 17.5 Å². The maximum atomic E-state index is 5.94. The Kier molecular flexibility index (Phi) is 2.89. The number of rotatable bonds is 2. The summed E-state index contributed by atoms with van der Waals surface area (Å²) in [5.74, 6) is 0.462. The first-order valence-corrected chi connectivity index (χ1v) is 6.93. The van der Waals surface area contributed by atoms with Crippen molar-refractivity contribution in [1.82, 2.24) is 15.2 Å². The number of nitrogens with two attached hydrogens (primary N) is 1. The predicted molar refractivity (Wildman–Crippen MR) is 77.2 cm³/mol. The topological polar surface area (TPSA) is 67.6 Å². The van der Waals surface area contributed by atoms with Crippen molar-refractivity contribution in [2.24, 2.45) is 0 Å². The van der Waals surface area contributed by atoms with Gasteiger partial charge in [-0.25, -0.2) is 0 Å². The molecule has 18 heavy (non-hydrogen) atoms. The Hall–Kier alpha value is -1.66. The lowest BCUT2D eigenvalue weighted by molar-refractivity contribution is 1.10. The molecule has 3 rings (SSSR count). The summed E-state index contributed by atoms with van der Waals surface area (Å²) in [4.78, 5) is 5.40. The Labute approximate surface area is 116 Å². The maximum Gasteiger partial charge on any atom is 0.155 e. The van der Waals surface area contributed by atoms with Gasteiger partial charge in [0.15, 0.2) is 5.82 Å². The molecule has 0 saturated heterocycles. The summed E-state index contributed by atoms with van der Waals surface area (Å²) in [5, 5.41) is 9.08. The van der Waals surface area contributed by atoms with Crippen LogP contribution in [-0.4, -0.2) is 15.2 Å². The number of thiophene rings is 1. The summed E-state index contributed by atoms with van der Waals surface area (Å²) in [6, 6.07) is 7.73. The SMILES string of the molecule is Nc1n[nH]c(-c2sccc2Br)c1-c1ccccn1. The number of nitrogens with zero attached hydrogens (tertiary/aromatic N) is 2. The van der Waals surface area contributed by atoms with Gasteiger partial charge >= 0.3 is 0 Å². The predicted octanol–water partition coefficient (Wildman–Crippen LogP) is 3.54. The van der Waals surface area contributed by atoms with E-state index < -0.39 is 0 Å². The Morgan fingerprint density at radius 2 is 2.17 bits per heavy atom. The highest BCUT2D eigenvalue weighted by Gasteiger charge is 2.18. The summed E-state index contributed by atoms with van der Waals surface area (Å²) >= 11 is 5.14. The zero-order valence-electron chi connectivity index (χ0n) is 9.22. The molecule has 0 unspecified atom stereocenters. The van der Waals surface area contributed by atoms with Gasteiger partial charge < -0.3 is 5.73 Å². The number of hydrogen-bond donors (Lipinski definition) is 2. The fourth-order valence-corrected chi connectivity index (χ4v) is 3.33. The number of H-pyrrole nitrogens is 1. The van der Waals surface area contributed by atoms with Gasteiger partial charge in [0.1, 0.15) is 0 Å². The highest BCUT2D eigenvalue weighted by Crippen LogP contribution is 2.39. The van der Waals surface area contributed by atoms with Crippen molar-refractivity contribution in [2.75, 3.05) is 5.73 Å². The minimum Gasteiger partial charge on any atom is -0.382 e. The van der Waals surface area contributed by atoms with E-state index in [1.165, 1.54) is 0 Å². The molecule has 0 bridgehead atoms. The minimum atomic E-state index is 0.462. The average molecular weight is 321 g/mol. The van der Waals surface area contributed by atoms with Gasteiger partial charge in [-0.15, -0.1) is 11.3 Å². The lowest BCUT2D eigenvalue weighted by atomic mass is 10.1. The van der Waals surface area contributed by atoms with Gasteiger partial charge in [-0.05, 0) is 39.5 Å². The minimum absolute atomic E-state index is 0.462. The van der Waals surface area contributed by atoms with Crippen molar-refractivity contribution in [3.05, 3.63) is 40.3 Å². The van der Waals surface area contributed by atoms with Crippen molar-refractivity contribution >= 4 is 33.1 Å². The largest absolute Gasteiger partial charge is 0.382 e. The van der Waals surface area contributed by atoms with Crippen molar-refractivity contribution in [1.29, 1.82) is 0 Å². The lowest BCUT2D eigenvalue weighted by Gasteiger charge is -2.02. The molecule has 0 aromatic carbocycles. The number of pyridine rings is 1. The van der Waals surface area contributed by atoms with Crippen LogP contribution in [0.5, 0.6) is 0 Å². The van der Waals surface area contributed by atoms with E-state index in [2.05, 4.69) is 31.1 Å². The van der Waals surface area contributed by atoms with Crippen LogP contribution in [0.25, 0.3) is 21.8 Å². The molecule has 0 aliphatic carbocycles. The first kappa shape index (κ1) is 11.4. The highest BCUT2D eigenvalue weighted by molar-refractivity contribution is 9.10. The van der Waals surface area contributed by atoms with Crippen LogP contribution in [0.2, 0.25) is 0 Å². The molecule has 0 spiro atoms. The van der Waals surface area contributed by atoms with Crippen LogP contribution in [0, 0.1) is 0 Å². The van der Waals surface area contributed by atoms with E-state index in [9.17, 15) is 0 Å². The molecule has 0 saturated carbocycles. The number of halogens is 1. The number of hydrogen-bond acceptors (Lipinski definition) is 4. The smallest absolute Gasteiger partial charge is 0.155 e. The standard InChI is InChI=1S/C12H9BrN4S/c13-7-4-6-18-11(7)10-9(12(14)17-16-10)8-3-1-2-5-15-8/h1-6H,(H3,14,16,17). The maximum absolute atomic E-state index is 5.94. The van der Waals surface area contributed by atoms with Gasteiger partial charge in [0.05, 0.1) is 21.8 Å². The highest BCUT2D eigenvalue weighted by atomic mass is 79.9. The Morgan fingerprint density at radius 1 is 1.28 bits per heavy atom. The van der Waals surface area contributed by atoms with E-state index in [0.717, 1.165) is 26.3 Å². The van der Waals surface area contributed by atoms with Crippen LogP contribution in [0.1, 0.15) is 0 Å². The molecule has 3 heterocycles. The van der Waals surface area contributed by atoms with Gasteiger partial charge in [-0.2, -0.15) is 5.10 Å². The van der Waals surface area contributed by atoms with Gasteiger partial charge in [-0.1, -0.05) is 6.07 Å². The Bertz CT molecular complexity index is 674. The summed E-state index contributed by atoms with van der Waals surface area (Å²) in [6.45, 7) is 0. The fourth-order valence-electron chi connectivity index (χ4n) is 1.76. The Morgan fingerprint density at radius 3 is 2.83 bits per heavy atom. The normalized spacial score (nSPS) is 10.7. The average Bonchev–Trinajstić information content (AvgIpc) is 2.96. The molecular weight excluding hydrogens is 312 g/mol. The number of anilines is 1. The number of nitrogen functional groups attached to an aromatic ring is 1. The van der Waals surface area contributed by atoms with Crippen LogP contribution < -0.4 is 5.73 Å². The van der Waals surface area contributed by atoms with Crippen molar-refractivity contribution in [2.45, 2.75) is 0 Å². The van der Waals surface area contributed by atoms with Crippen molar-refractivity contribution in [3.63, 3.8) is 0 Å². The second-order valence-electron chi connectivity index (χ2n) is 3.67. The molecule has 6 heteroatoms. The van der Waals surface area contributed by atoms with Gasteiger partial charge in [-0.3, -0.25) is 10.1 Å². The Balaban J connectivity index is 2.22. The molecule has 3 aromatic heterocycles. The van der Waals surface area contributed by atoms with E-state index in [4.69, 9.17) is 5.73 Å². The van der Waals surface area contributed by atoms with Gasteiger partial charge in [0.25, 0.3) is 0 Å². The fraction of sp³-hybridized carbons (Fsp3) is 0. The first-order valence-electron chi connectivity index (χ1n) is 5.26. The second-order valence-corrected chi connectivity index (χ2v) is 5.44. The molecule has 3 aromatic rings. The number of aromatic amines is 1. The van der Waals surface area contributed by atoms with Crippen LogP contribution in [0.15, 0.2) is 40.3 Å². The van der Waals surface area contributed by atoms with Crippen molar-refractivity contribution in [3.8, 4) is 21.8 Å². The van der Waals surface area contributed by atoms with E-state index in [0.29, 0.717) is 5.82 Å². The zero-order chi connectivity index (χ0) is 12.5.